The monoisotopic (exact) mass is 408 g/mol. The first kappa shape index (κ1) is 19.2. The van der Waals surface area contributed by atoms with Crippen LogP contribution in [0.25, 0.3) is 11.6 Å². The number of thioether (sulfide) groups is 1. The maximum Gasteiger partial charge on any atom is 0.252 e. The number of rotatable bonds is 6. The molecule has 0 radical (unpaired) electrons. The number of hydrogen-bond donors (Lipinski definition) is 0. The predicted molar refractivity (Wildman–Crippen MR) is 103 cm³/mol. The van der Waals surface area contributed by atoms with Crippen LogP contribution in [0.2, 0.25) is 0 Å². The summed E-state index contributed by atoms with van der Waals surface area (Å²) in [5.41, 5.74) is 0.703. The second kappa shape index (κ2) is 7.96. The van der Waals surface area contributed by atoms with E-state index in [2.05, 4.69) is 0 Å². The molecule has 8 heteroatoms. The molecule has 138 valence electrons. The van der Waals surface area contributed by atoms with Crippen LogP contribution in [-0.4, -0.2) is 38.0 Å². The molecule has 3 rings (SSSR count). The van der Waals surface area contributed by atoms with E-state index in [4.69, 9.17) is 0 Å². The molecular formula is C18H18NO4S3-. The molecule has 0 spiro atoms. The van der Waals surface area contributed by atoms with Gasteiger partial charge in [0.25, 0.3) is 10.0 Å². The molecule has 1 aliphatic heterocycles. The summed E-state index contributed by atoms with van der Waals surface area (Å²) in [5.74, 6) is -1.33. The fourth-order valence-corrected chi connectivity index (χ4v) is 6.15. The van der Waals surface area contributed by atoms with Gasteiger partial charge < -0.3 is 9.90 Å². The highest BCUT2D eigenvalue weighted by molar-refractivity contribution is 7.98. The molecule has 1 aromatic heterocycles. The average Bonchev–Trinajstić information content (AvgIpc) is 3.32. The minimum absolute atomic E-state index is 0.0187. The van der Waals surface area contributed by atoms with E-state index < -0.39 is 16.0 Å². The van der Waals surface area contributed by atoms with Crippen LogP contribution in [0.1, 0.15) is 23.3 Å². The first-order valence-electron chi connectivity index (χ1n) is 8.09. The summed E-state index contributed by atoms with van der Waals surface area (Å²) in [6, 6.07) is 10.5. The largest absolute Gasteiger partial charge is 0.545 e. The van der Waals surface area contributed by atoms with Gasteiger partial charge in [-0.05, 0) is 55.0 Å². The number of aliphatic carboxylic acids is 1. The zero-order valence-electron chi connectivity index (χ0n) is 14.2. The van der Waals surface area contributed by atoms with Gasteiger partial charge in [0.2, 0.25) is 0 Å². The molecule has 0 amide bonds. The third-order valence-electron chi connectivity index (χ3n) is 4.15. The fourth-order valence-electron chi connectivity index (χ4n) is 2.76. The van der Waals surface area contributed by atoms with Gasteiger partial charge in [0.15, 0.2) is 0 Å². The van der Waals surface area contributed by atoms with Crippen molar-refractivity contribution in [2.45, 2.75) is 21.9 Å². The van der Waals surface area contributed by atoms with Gasteiger partial charge >= 0.3 is 0 Å². The molecule has 1 aromatic carbocycles. The first-order valence-corrected chi connectivity index (χ1v) is 11.6. The van der Waals surface area contributed by atoms with Crippen molar-refractivity contribution in [3.05, 3.63) is 46.8 Å². The third kappa shape index (κ3) is 4.03. The predicted octanol–water partition coefficient (Wildman–Crippen LogP) is 2.55. The Morgan fingerprint density at radius 3 is 2.38 bits per heavy atom. The summed E-state index contributed by atoms with van der Waals surface area (Å²) in [7, 11) is -3.55. The van der Waals surface area contributed by atoms with Crippen molar-refractivity contribution >= 4 is 50.7 Å². The van der Waals surface area contributed by atoms with Crippen molar-refractivity contribution in [1.82, 2.24) is 4.31 Å². The highest BCUT2D eigenvalue weighted by Crippen LogP contribution is 2.32. The van der Waals surface area contributed by atoms with Gasteiger partial charge in [0.1, 0.15) is 4.21 Å². The van der Waals surface area contributed by atoms with Crippen molar-refractivity contribution in [3.63, 3.8) is 0 Å². The first-order chi connectivity index (χ1) is 12.4. The Kier molecular flexibility index (Phi) is 5.86. The van der Waals surface area contributed by atoms with Crippen molar-refractivity contribution in [2.75, 3.05) is 19.3 Å². The number of carboxylic acids is 1. The Morgan fingerprint density at radius 1 is 1.15 bits per heavy atom. The van der Waals surface area contributed by atoms with E-state index >= 15 is 0 Å². The molecular weight excluding hydrogens is 390 g/mol. The standard InChI is InChI=1S/C18H19NO4S3/c1-24-14-6-4-13(5-7-14)12-15(18(20)21)16-8-9-17(25-16)26(22,23)19-10-2-3-11-19/h4-9,12H,2-3,10-11H2,1H3,(H,20,21)/p-1/b15-12-. The van der Waals surface area contributed by atoms with Crippen LogP contribution in [-0.2, 0) is 14.8 Å². The van der Waals surface area contributed by atoms with Crippen LogP contribution in [0, 0.1) is 0 Å². The van der Waals surface area contributed by atoms with Crippen molar-refractivity contribution in [1.29, 1.82) is 0 Å². The second-order valence-electron chi connectivity index (χ2n) is 5.85. The molecule has 26 heavy (non-hydrogen) atoms. The van der Waals surface area contributed by atoms with E-state index in [1.54, 1.807) is 11.8 Å². The molecule has 1 aliphatic rings. The minimum Gasteiger partial charge on any atom is -0.545 e. The van der Waals surface area contributed by atoms with Gasteiger partial charge in [-0.2, -0.15) is 4.31 Å². The lowest BCUT2D eigenvalue weighted by Crippen LogP contribution is -2.27. The molecule has 0 bridgehead atoms. The number of carbonyl (C=O) groups is 1. The number of sulfonamides is 1. The summed E-state index contributed by atoms with van der Waals surface area (Å²) in [5, 5.41) is 11.6. The molecule has 0 unspecified atom stereocenters. The number of benzene rings is 1. The van der Waals surface area contributed by atoms with Crippen molar-refractivity contribution < 1.29 is 18.3 Å². The Balaban J connectivity index is 1.93. The Bertz CT molecular complexity index is 924. The lowest BCUT2D eigenvalue weighted by molar-refractivity contribution is -0.295. The molecule has 0 atom stereocenters. The number of thiophene rings is 1. The number of nitrogens with zero attached hydrogens (tertiary/aromatic N) is 1. The van der Waals surface area contributed by atoms with E-state index in [1.807, 2.05) is 30.5 Å². The lowest BCUT2D eigenvalue weighted by Gasteiger charge is -2.13. The second-order valence-corrected chi connectivity index (χ2v) is 9.98. The summed E-state index contributed by atoms with van der Waals surface area (Å²) >= 11 is 2.57. The summed E-state index contributed by atoms with van der Waals surface area (Å²) in [6.45, 7) is 1.03. The van der Waals surface area contributed by atoms with Crippen LogP contribution in [0.4, 0.5) is 0 Å². The average molecular weight is 409 g/mol. The van der Waals surface area contributed by atoms with E-state index in [-0.39, 0.29) is 9.78 Å². The Labute approximate surface area is 161 Å². The van der Waals surface area contributed by atoms with Gasteiger partial charge in [-0.1, -0.05) is 12.1 Å². The van der Waals surface area contributed by atoms with Crippen LogP contribution < -0.4 is 5.11 Å². The topological polar surface area (TPSA) is 77.5 Å². The van der Waals surface area contributed by atoms with Gasteiger partial charge in [-0.15, -0.1) is 23.1 Å². The quantitative estimate of drug-likeness (QED) is 0.542. The third-order valence-corrected chi connectivity index (χ3v) is 8.38. The Hall–Kier alpha value is -1.61. The highest BCUT2D eigenvalue weighted by atomic mass is 32.2. The van der Waals surface area contributed by atoms with Crippen LogP contribution in [0.15, 0.2) is 45.5 Å². The fraction of sp³-hybridized carbons (Fsp3) is 0.278. The molecule has 2 heterocycles. The summed E-state index contributed by atoms with van der Waals surface area (Å²) in [6.07, 6.45) is 5.18. The van der Waals surface area contributed by atoms with E-state index in [0.717, 1.165) is 34.6 Å². The van der Waals surface area contributed by atoms with Crippen LogP contribution in [0.5, 0.6) is 0 Å². The number of carboxylic acid groups (broad SMARTS) is 1. The molecule has 0 N–H and O–H groups in total. The summed E-state index contributed by atoms with van der Waals surface area (Å²) < 4.78 is 26.9. The molecule has 2 aromatic rings. The molecule has 5 nitrogen and oxygen atoms in total. The smallest absolute Gasteiger partial charge is 0.252 e. The normalized spacial score (nSPS) is 16.1. The zero-order chi connectivity index (χ0) is 18.7. The Morgan fingerprint density at radius 2 is 1.81 bits per heavy atom. The molecule has 1 fully saturated rings. The molecule has 0 aliphatic carbocycles. The molecule has 0 saturated carbocycles. The maximum absolute atomic E-state index is 12.6. The van der Waals surface area contributed by atoms with Gasteiger partial charge in [-0.25, -0.2) is 8.42 Å². The zero-order valence-corrected chi connectivity index (χ0v) is 16.6. The maximum atomic E-state index is 12.6. The van der Waals surface area contributed by atoms with Crippen molar-refractivity contribution in [2.24, 2.45) is 0 Å². The van der Waals surface area contributed by atoms with Crippen LogP contribution in [0.3, 0.4) is 0 Å². The SMILES string of the molecule is CSc1ccc(/C=C(\C(=O)[O-])c2ccc(S(=O)(=O)N3CCCC3)s2)cc1. The van der Waals surface area contributed by atoms with E-state index in [9.17, 15) is 18.3 Å². The van der Waals surface area contributed by atoms with Gasteiger partial charge in [0, 0.05) is 28.4 Å². The van der Waals surface area contributed by atoms with Crippen LogP contribution >= 0.6 is 23.1 Å². The van der Waals surface area contributed by atoms with Gasteiger partial charge in [-0.3, -0.25) is 0 Å². The summed E-state index contributed by atoms with van der Waals surface area (Å²) in [4.78, 5) is 13.1. The lowest BCUT2D eigenvalue weighted by atomic mass is 10.1. The number of carbonyl (C=O) groups excluding carboxylic acids is 1. The molecule has 1 saturated heterocycles. The minimum atomic E-state index is -3.55. The van der Waals surface area contributed by atoms with Crippen molar-refractivity contribution in [3.8, 4) is 0 Å². The van der Waals surface area contributed by atoms with E-state index in [1.165, 1.54) is 22.5 Å². The van der Waals surface area contributed by atoms with E-state index in [0.29, 0.717) is 18.0 Å². The highest BCUT2D eigenvalue weighted by Gasteiger charge is 2.28. The number of hydrogen-bond acceptors (Lipinski definition) is 6. The van der Waals surface area contributed by atoms with Gasteiger partial charge in [0.05, 0.1) is 5.97 Å².